The van der Waals surface area contributed by atoms with Gasteiger partial charge < -0.3 is 4.90 Å². The van der Waals surface area contributed by atoms with Crippen LogP contribution in [0.4, 0.5) is 11.6 Å². The lowest BCUT2D eigenvalue weighted by Crippen LogP contribution is -2.27. The zero-order valence-electron chi connectivity index (χ0n) is 11.0. The van der Waals surface area contributed by atoms with E-state index in [0.29, 0.717) is 29.2 Å². The van der Waals surface area contributed by atoms with Crippen LogP contribution in [0.1, 0.15) is 23.2 Å². The molecular formula is C13H12ClN5O2. The van der Waals surface area contributed by atoms with Crippen LogP contribution < -0.4 is 10.2 Å². The number of aromatic nitrogens is 3. The highest BCUT2D eigenvalue weighted by Crippen LogP contribution is 2.29. The van der Waals surface area contributed by atoms with Crippen LogP contribution in [0.2, 0.25) is 5.02 Å². The third-order valence-corrected chi connectivity index (χ3v) is 3.45. The first-order chi connectivity index (χ1) is 10.1. The second-order valence-corrected chi connectivity index (χ2v) is 5.04. The summed E-state index contributed by atoms with van der Waals surface area (Å²) in [6, 6.07) is 4.83. The van der Waals surface area contributed by atoms with E-state index in [2.05, 4.69) is 20.5 Å². The standard InChI is InChI=1S/C13H12ClN5O2/c14-8-3-4-9(12(21)17-13-15-7-16-18-13)10(6-8)19-5-1-2-11(19)20/h3-4,6-7H,1-2,5H2,(H2,15,16,17,18,21). The van der Waals surface area contributed by atoms with Crippen LogP contribution in [-0.2, 0) is 4.79 Å². The molecule has 8 heteroatoms. The highest BCUT2D eigenvalue weighted by molar-refractivity contribution is 6.31. The van der Waals surface area contributed by atoms with E-state index in [1.807, 2.05) is 0 Å². The summed E-state index contributed by atoms with van der Waals surface area (Å²) in [5, 5.41) is 9.27. The minimum Gasteiger partial charge on any atom is -0.312 e. The average molecular weight is 306 g/mol. The summed E-state index contributed by atoms with van der Waals surface area (Å²) in [5.41, 5.74) is 0.882. The molecule has 2 heterocycles. The Balaban J connectivity index is 1.94. The lowest BCUT2D eigenvalue weighted by Gasteiger charge is -2.19. The van der Waals surface area contributed by atoms with Gasteiger partial charge in [0.1, 0.15) is 6.33 Å². The normalized spacial score (nSPS) is 14.5. The van der Waals surface area contributed by atoms with E-state index in [9.17, 15) is 9.59 Å². The Bertz CT molecular complexity index is 686. The zero-order chi connectivity index (χ0) is 14.8. The fourth-order valence-electron chi connectivity index (χ4n) is 2.26. The van der Waals surface area contributed by atoms with Crippen molar-refractivity contribution in [3.8, 4) is 0 Å². The van der Waals surface area contributed by atoms with Gasteiger partial charge in [0.15, 0.2) is 0 Å². The van der Waals surface area contributed by atoms with E-state index in [4.69, 9.17) is 11.6 Å². The molecular weight excluding hydrogens is 294 g/mol. The molecule has 108 valence electrons. The minimum atomic E-state index is -0.377. The van der Waals surface area contributed by atoms with Crippen molar-refractivity contribution in [3.05, 3.63) is 35.1 Å². The Morgan fingerprint density at radius 2 is 2.29 bits per heavy atom. The first-order valence-corrected chi connectivity index (χ1v) is 6.79. The van der Waals surface area contributed by atoms with E-state index < -0.39 is 0 Å². The smallest absolute Gasteiger partial charge is 0.260 e. The molecule has 2 aromatic rings. The van der Waals surface area contributed by atoms with Crippen LogP contribution in [0.25, 0.3) is 0 Å². The molecule has 0 spiro atoms. The molecule has 0 unspecified atom stereocenters. The van der Waals surface area contributed by atoms with Crippen molar-refractivity contribution in [1.29, 1.82) is 0 Å². The van der Waals surface area contributed by atoms with E-state index in [0.717, 1.165) is 6.42 Å². The lowest BCUT2D eigenvalue weighted by atomic mass is 10.1. The number of hydrogen-bond donors (Lipinski definition) is 2. The minimum absolute atomic E-state index is 0.00835. The number of anilines is 2. The molecule has 1 aromatic heterocycles. The Morgan fingerprint density at radius 3 is 2.95 bits per heavy atom. The molecule has 1 aliphatic rings. The summed E-state index contributed by atoms with van der Waals surface area (Å²) >= 11 is 5.99. The molecule has 0 atom stereocenters. The molecule has 1 aromatic carbocycles. The summed E-state index contributed by atoms with van der Waals surface area (Å²) in [7, 11) is 0. The van der Waals surface area contributed by atoms with E-state index >= 15 is 0 Å². The maximum atomic E-state index is 12.3. The first kappa shape index (κ1) is 13.6. The van der Waals surface area contributed by atoms with Crippen molar-refractivity contribution in [2.75, 3.05) is 16.8 Å². The van der Waals surface area contributed by atoms with Gasteiger partial charge in [-0.3, -0.25) is 14.9 Å². The molecule has 1 aliphatic heterocycles. The van der Waals surface area contributed by atoms with Crippen molar-refractivity contribution in [1.82, 2.24) is 15.2 Å². The molecule has 0 bridgehead atoms. The highest BCUT2D eigenvalue weighted by Gasteiger charge is 2.26. The van der Waals surface area contributed by atoms with Crippen molar-refractivity contribution in [3.63, 3.8) is 0 Å². The molecule has 2 N–H and O–H groups in total. The summed E-state index contributed by atoms with van der Waals surface area (Å²) in [6.45, 7) is 0.585. The third-order valence-electron chi connectivity index (χ3n) is 3.22. The predicted octanol–water partition coefficient (Wildman–Crippen LogP) is 1.84. The molecule has 0 aliphatic carbocycles. The second-order valence-electron chi connectivity index (χ2n) is 4.60. The quantitative estimate of drug-likeness (QED) is 0.905. The largest absolute Gasteiger partial charge is 0.312 e. The van der Waals surface area contributed by atoms with Gasteiger partial charge in [0.2, 0.25) is 11.9 Å². The van der Waals surface area contributed by atoms with Crippen molar-refractivity contribution in [2.24, 2.45) is 0 Å². The SMILES string of the molecule is O=C(Nc1ncn[nH]1)c1ccc(Cl)cc1N1CCCC1=O. The van der Waals surface area contributed by atoms with Gasteiger partial charge >= 0.3 is 0 Å². The van der Waals surface area contributed by atoms with Crippen LogP contribution in [-0.4, -0.2) is 33.5 Å². The number of carbonyl (C=O) groups excluding carboxylic acids is 2. The number of hydrogen-bond acceptors (Lipinski definition) is 4. The number of carbonyl (C=O) groups is 2. The number of nitrogens with zero attached hydrogens (tertiary/aromatic N) is 3. The number of benzene rings is 1. The summed E-state index contributed by atoms with van der Waals surface area (Å²) < 4.78 is 0. The molecule has 21 heavy (non-hydrogen) atoms. The molecule has 0 radical (unpaired) electrons. The second kappa shape index (κ2) is 5.53. The maximum absolute atomic E-state index is 12.3. The summed E-state index contributed by atoms with van der Waals surface area (Å²) in [6.07, 6.45) is 2.55. The Kier molecular flexibility index (Phi) is 3.57. The molecule has 3 rings (SSSR count). The average Bonchev–Trinajstić information content (AvgIpc) is 3.10. The van der Waals surface area contributed by atoms with Crippen LogP contribution in [0.5, 0.6) is 0 Å². The number of aromatic amines is 1. The van der Waals surface area contributed by atoms with Crippen molar-refractivity contribution >= 4 is 35.1 Å². The highest BCUT2D eigenvalue weighted by atomic mass is 35.5. The fourth-order valence-corrected chi connectivity index (χ4v) is 2.43. The monoisotopic (exact) mass is 305 g/mol. The van der Waals surface area contributed by atoms with Gasteiger partial charge in [-0.25, -0.2) is 5.10 Å². The van der Waals surface area contributed by atoms with Gasteiger partial charge in [-0.1, -0.05) is 11.6 Å². The third kappa shape index (κ3) is 2.73. The number of nitrogens with one attached hydrogen (secondary N) is 2. The molecule has 0 saturated carbocycles. The lowest BCUT2D eigenvalue weighted by molar-refractivity contribution is -0.117. The molecule has 1 saturated heterocycles. The predicted molar refractivity (Wildman–Crippen MR) is 77.4 cm³/mol. The van der Waals surface area contributed by atoms with E-state index in [1.165, 1.54) is 6.33 Å². The van der Waals surface area contributed by atoms with Gasteiger partial charge in [0.25, 0.3) is 5.91 Å². The van der Waals surface area contributed by atoms with E-state index in [1.54, 1.807) is 23.1 Å². The number of rotatable bonds is 3. The zero-order valence-corrected chi connectivity index (χ0v) is 11.7. The van der Waals surface area contributed by atoms with Crippen LogP contribution in [0.15, 0.2) is 24.5 Å². The molecule has 1 fully saturated rings. The number of halogens is 1. The Hall–Kier alpha value is -2.41. The number of H-pyrrole nitrogens is 1. The summed E-state index contributed by atoms with van der Waals surface area (Å²) in [5.74, 6) is -0.141. The van der Waals surface area contributed by atoms with Crippen LogP contribution >= 0.6 is 11.6 Å². The fraction of sp³-hybridized carbons (Fsp3) is 0.231. The van der Waals surface area contributed by atoms with Gasteiger partial charge in [-0.2, -0.15) is 10.1 Å². The van der Waals surface area contributed by atoms with Crippen molar-refractivity contribution < 1.29 is 9.59 Å². The Morgan fingerprint density at radius 1 is 1.43 bits per heavy atom. The topological polar surface area (TPSA) is 91.0 Å². The Labute approximate surface area is 125 Å². The number of amides is 2. The van der Waals surface area contributed by atoms with Crippen LogP contribution in [0.3, 0.4) is 0 Å². The van der Waals surface area contributed by atoms with Gasteiger partial charge in [0.05, 0.1) is 11.3 Å². The summed E-state index contributed by atoms with van der Waals surface area (Å²) in [4.78, 5) is 29.6. The van der Waals surface area contributed by atoms with Gasteiger partial charge in [-0.05, 0) is 24.6 Å². The maximum Gasteiger partial charge on any atom is 0.260 e. The first-order valence-electron chi connectivity index (χ1n) is 6.42. The van der Waals surface area contributed by atoms with Crippen LogP contribution in [0, 0.1) is 0 Å². The van der Waals surface area contributed by atoms with Crippen molar-refractivity contribution in [2.45, 2.75) is 12.8 Å². The van der Waals surface area contributed by atoms with Gasteiger partial charge in [-0.15, -0.1) is 0 Å². The molecule has 7 nitrogen and oxygen atoms in total. The molecule has 2 amide bonds. The van der Waals surface area contributed by atoms with Gasteiger partial charge in [0, 0.05) is 18.0 Å². The van der Waals surface area contributed by atoms with E-state index in [-0.39, 0.29) is 17.8 Å².